The normalized spacial score (nSPS) is 12.6. The van der Waals surface area contributed by atoms with Crippen molar-refractivity contribution in [3.05, 3.63) is 34.3 Å². The van der Waals surface area contributed by atoms with E-state index >= 15 is 0 Å². The Morgan fingerprint density at radius 2 is 2.17 bits per heavy atom. The van der Waals surface area contributed by atoms with E-state index in [2.05, 4.69) is 19.2 Å². The molecular formula is C13H19ClN2O2. The van der Waals surface area contributed by atoms with Gasteiger partial charge in [-0.1, -0.05) is 37.6 Å². The van der Waals surface area contributed by atoms with Gasteiger partial charge >= 0.3 is 0 Å². The lowest BCUT2D eigenvalue weighted by atomic mass is 10.0. The number of rotatable bonds is 5. The summed E-state index contributed by atoms with van der Waals surface area (Å²) in [7, 11) is 0. The third kappa shape index (κ3) is 3.98. The SMILES string of the molecule is CC(C)c1ccc(Cl)c(CNC(=O)C(N)CO)c1. The van der Waals surface area contributed by atoms with Crippen LogP contribution in [0.4, 0.5) is 0 Å². The number of carbonyl (C=O) groups is 1. The van der Waals surface area contributed by atoms with Crippen LogP contribution in [0.25, 0.3) is 0 Å². The molecular weight excluding hydrogens is 252 g/mol. The Kier molecular flexibility index (Phi) is 5.59. The molecule has 0 heterocycles. The lowest BCUT2D eigenvalue weighted by molar-refractivity contribution is -0.123. The maximum Gasteiger partial charge on any atom is 0.239 e. The fraction of sp³-hybridized carbons (Fsp3) is 0.462. The van der Waals surface area contributed by atoms with Gasteiger partial charge in [0.25, 0.3) is 0 Å². The quantitative estimate of drug-likeness (QED) is 0.757. The molecule has 1 rings (SSSR count). The van der Waals surface area contributed by atoms with Gasteiger partial charge in [0.15, 0.2) is 0 Å². The number of amides is 1. The van der Waals surface area contributed by atoms with Crippen LogP contribution in [-0.2, 0) is 11.3 Å². The molecule has 0 aliphatic rings. The summed E-state index contributed by atoms with van der Waals surface area (Å²) in [5, 5.41) is 12.0. The first-order chi connectivity index (χ1) is 8.45. The second-order valence-electron chi connectivity index (χ2n) is 4.51. The maximum absolute atomic E-state index is 11.4. The third-order valence-electron chi connectivity index (χ3n) is 2.72. The van der Waals surface area contributed by atoms with Crippen LogP contribution in [0.5, 0.6) is 0 Å². The average Bonchev–Trinajstić information content (AvgIpc) is 2.36. The molecule has 0 saturated carbocycles. The van der Waals surface area contributed by atoms with Gasteiger partial charge in [-0.3, -0.25) is 4.79 Å². The van der Waals surface area contributed by atoms with E-state index in [1.807, 2.05) is 18.2 Å². The van der Waals surface area contributed by atoms with Crippen LogP contribution < -0.4 is 11.1 Å². The molecule has 100 valence electrons. The van der Waals surface area contributed by atoms with E-state index in [0.29, 0.717) is 17.5 Å². The van der Waals surface area contributed by atoms with Crippen molar-refractivity contribution in [2.45, 2.75) is 32.4 Å². The summed E-state index contributed by atoms with van der Waals surface area (Å²) in [6.07, 6.45) is 0. The van der Waals surface area contributed by atoms with E-state index in [9.17, 15) is 4.79 Å². The number of aliphatic hydroxyl groups excluding tert-OH is 1. The summed E-state index contributed by atoms with van der Waals surface area (Å²) in [4.78, 5) is 11.4. The Morgan fingerprint density at radius 3 is 2.72 bits per heavy atom. The van der Waals surface area contributed by atoms with Crippen LogP contribution in [0.3, 0.4) is 0 Å². The highest BCUT2D eigenvalue weighted by Gasteiger charge is 2.12. The molecule has 1 aromatic rings. The number of benzene rings is 1. The molecule has 4 N–H and O–H groups in total. The summed E-state index contributed by atoms with van der Waals surface area (Å²) in [6.45, 7) is 4.12. The first-order valence-corrected chi connectivity index (χ1v) is 6.26. The Hall–Kier alpha value is -1.10. The van der Waals surface area contributed by atoms with Crippen LogP contribution in [0.15, 0.2) is 18.2 Å². The topological polar surface area (TPSA) is 75.4 Å². The summed E-state index contributed by atoms with van der Waals surface area (Å²) < 4.78 is 0. The van der Waals surface area contributed by atoms with Crippen molar-refractivity contribution < 1.29 is 9.90 Å². The molecule has 18 heavy (non-hydrogen) atoms. The Labute approximate surface area is 112 Å². The summed E-state index contributed by atoms with van der Waals surface area (Å²) >= 11 is 6.07. The van der Waals surface area contributed by atoms with E-state index in [4.69, 9.17) is 22.4 Å². The predicted molar refractivity (Wildman–Crippen MR) is 72.4 cm³/mol. The van der Waals surface area contributed by atoms with Crippen LogP contribution in [0.1, 0.15) is 30.9 Å². The van der Waals surface area contributed by atoms with Gasteiger partial charge in [0.05, 0.1) is 6.61 Å². The Morgan fingerprint density at radius 1 is 1.50 bits per heavy atom. The molecule has 1 aromatic carbocycles. The zero-order chi connectivity index (χ0) is 13.7. The third-order valence-corrected chi connectivity index (χ3v) is 3.09. The van der Waals surface area contributed by atoms with Crippen molar-refractivity contribution in [3.63, 3.8) is 0 Å². The minimum atomic E-state index is -0.892. The number of hydrogen-bond acceptors (Lipinski definition) is 3. The van der Waals surface area contributed by atoms with E-state index in [0.717, 1.165) is 11.1 Å². The molecule has 0 saturated heterocycles. The number of nitrogens with one attached hydrogen (secondary N) is 1. The Bertz CT molecular complexity index is 421. The number of nitrogens with two attached hydrogens (primary N) is 1. The molecule has 0 radical (unpaired) electrons. The highest BCUT2D eigenvalue weighted by Crippen LogP contribution is 2.22. The monoisotopic (exact) mass is 270 g/mol. The average molecular weight is 271 g/mol. The van der Waals surface area contributed by atoms with Crippen LogP contribution in [0, 0.1) is 0 Å². The van der Waals surface area contributed by atoms with E-state index in [-0.39, 0.29) is 12.5 Å². The highest BCUT2D eigenvalue weighted by molar-refractivity contribution is 6.31. The predicted octanol–water partition coefficient (Wildman–Crippen LogP) is 1.40. The van der Waals surface area contributed by atoms with E-state index in [1.165, 1.54) is 0 Å². The van der Waals surface area contributed by atoms with Gasteiger partial charge in [0.2, 0.25) is 5.91 Å². The van der Waals surface area contributed by atoms with Gasteiger partial charge in [-0.15, -0.1) is 0 Å². The van der Waals surface area contributed by atoms with Crippen molar-refractivity contribution in [2.24, 2.45) is 5.73 Å². The molecule has 0 fully saturated rings. The van der Waals surface area contributed by atoms with Crippen LogP contribution in [0.2, 0.25) is 5.02 Å². The summed E-state index contributed by atoms with van der Waals surface area (Å²) in [6, 6.07) is 4.87. The molecule has 0 spiro atoms. The fourth-order valence-electron chi connectivity index (χ4n) is 1.49. The van der Waals surface area contributed by atoms with Gasteiger partial charge in [-0.05, 0) is 23.1 Å². The number of aliphatic hydroxyl groups is 1. The van der Waals surface area contributed by atoms with Crippen molar-refractivity contribution in [3.8, 4) is 0 Å². The zero-order valence-corrected chi connectivity index (χ0v) is 11.4. The molecule has 0 aliphatic heterocycles. The number of carbonyl (C=O) groups excluding carboxylic acids is 1. The van der Waals surface area contributed by atoms with Gasteiger partial charge < -0.3 is 16.2 Å². The van der Waals surface area contributed by atoms with E-state index < -0.39 is 6.04 Å². The highest BCUT2D eigenvalue weighted by atomic mass is 35.5. The second-order valence-corrected chi connectivity index (χ2v) is 4.92. The van der Waals surface area contributed by atoms with Gasteiger partial charge in [0.1, 0.15) is 6.04 Å². The first kappa shape index (κ1) is 15.0. The van der Waals surface area contributed by atoms with Gasteiger partial charge in [-0.2, -0.15) is 0 Å². The minimum absolute atomic E-state index is 0.311. The van der Waals surface area contributed by atoms with Gasteiger partial charge in [0, 0.05) is 11.6 Å². The number of halogens is 1. The van der Waals surface area contributed by atoms with Crippen molar-refractivity contribution >= 4 is 17.5 Å². The minimum Gasteiger partial charge on any atom is -0.394 e. The lowest BCUT2D eigenvalue weighted by Crippen LogP contribution is -2.42. The molecule has 1 atom stereocenters. The second kappa shape index (κ2) is 6.73. The largest absolute Gasteiger partial charge is 0.394 e. The molecule has 1 amide bonds. The zero-order valence-electron chi connectivity index (χ0n) is 10.6. The molecule has 1 unspecified atom stereocenters. The number of hydrogen-bond donors (Lipinski definition) is 3. The van der Waals surface area contributed by atoms with Crippen LogP contribution in [-0.4, -0.2) is 23.7 Å². The maximum atomic E-state index is 11.4. The fourth-order valence-corrected chi connectivity index (χ4v) is 1.67. The summed E-state index contributed by atoms with van der Waals surface area (Å²) in [5.41, 5.74) is 7.41. The smallest absolute Gasteiger partial charge is 0.239 e. The van der Waals surface area contributed by atoms with Gasteiger partial charge in [-0.25, -0.2) is 0 Å². The molecule has 0 aromatic heterocycles. The lowest BCUT2D eigenvalue weighted by Gasteiger charge is -2.13. The molecule has 4 nitrogen and oxygen atoms in total. The van der Waals surface area contributed by atoms with Crippen molar-refractivity contribution in [2.75, 3.05) is 6.61 Å². The Balaban J connectivity index is 2.72. The standard InChI is InChI=1S/C13H19ClN2O2/c1-8(2)9-3-4-11(14)10(5-9)6-16-13(18)12(15)7-17/h3-5,8,12,17H,6-7,15H2,1-2H3,(H,16,18). The van der Waals surface area contributed by atoms with Crippen molar-refractivity contribution in [1.29, 1.82) is 0 Å². The first-order valence-electron chi connectivity index (χ1n) is 5.88. The van der Waals surface area contributed by atoms with Crippen LogP contribution >= 0.6 is 11.6 Å². The van der Waals surface area contributed by atoms with Crippen molar-refractivity contribution in [1.82, 2.24) is 5.32 Å². The molecule has 0 bridgehead atoms. The summed E-state index contributed by atoms with van der Waals surface area (Å²) in [5.74, 6) is 0.0138. The molecule has 5 heteroatoms. The van der Waals surface area contributed by atoms with E-state index in [1.54, 1.807) is 0 Å². The molecule has 0 aliphatic carbocycles.